The number of carbonyl (C=O) groups excluding carboxylic acids is 3. The molecule has 2 N–H and O–H groups in total. The van der Waals surface area contributed by atoms with Crippen molar-refractivity contribution in [3.63, 3.8) is 0 Å². The first-order chi connectivity index (χ1) is 17.7. The maximum atomic E-state index is 13.8. The van der Waals surface area contributed by atoms with E-state index in [2.05, 4.69) is 29.5 Å². The lowest BCUT2D eigenvalue weighted by Crippen LogP contribution is -2.64. The van der Waals surface area contributed by atoms with Crippen LogP contribution in [0.1, 0.15) is 71.6 Å². The number of imidazole rings is 1. The molecular formula is C28H30FN5O3. The van der Waals surface area contributed by atoms with Crippen LogP contribution in [0.15, 0.2) is 54.9 Å². The topological polar surface area (TPSA) is 96.3 Å². The fraction of sp³-hybridized carbons (Fsp3) is 0.357. The Kier molecular flexibility index (Phi) is 6.31. The van der Waals surface area contributed by atoms with Gasteiger partial charge in [0.2, 0.25) is 5.91 Å². The highest BCUT2D eigenvalue weighted by molar-refractivity contribution is 6.11. The highest BCUT2D eigenvalue weighted by Crippen LogP contribution is 2.39. The lowest BCUT2D eigenvalue weighted by Gasteiger charge is -2.44. The van der Waals surface area contributed by atoms with E-state index in [0.717, 1.165) is 24.0 Å². The van der Waals surface area contributed by atoms with Gasteiger partial charge in [0.1, 0.15) is 17.1 Å². The van der Waals surface area contributed by atoms with Crippen molar-refractivity contribution >= 4 is 23.4 Å². The summed E-state index contributed by atoms with van der Waals surface area (Å²) in [5.41, 5.74) is 1.59. The minimum absolute atomic E-state index is 0.0392. The van der Waals surface area contributed by atoms with Crippen molar-refractivity contribution in [1.82, 2.24) is 19.8 Å². The summed E-state index contributed by atoms with van der Waals surface area (Å²) in [5, 5.41) is 5.73. The molecule has 0 spiro atoms. The summed E-state index contributed by atoms with van der Waals surface area (Å²) >= 11 is 0. The number of nitrogens with one attached hydrogen (secondary N) is 2. The Morgan fingerprint density at radius 3 is 2.41 bits per heavy atom. The van der Waals surface area contributed by atoms with Gasteiger partial charge in [-0.25, -0.2) is 9.37 Å². The molecule has 0 saturated heterocycles. The third-order valence-corrected chi connectivity index (χ3v) is 7.09. The van der Waals surface area contributed by atoms with Gasteiger partial charge in [-0.3, -0.25) is 14.4 Å². The first-order valence-corrected chi connectivity index (χ1v) is 12.5. The van der Waals surface area contributed by atoms with Crippen LogP contribution in [0.5, 0.6) is 0 Å². The molecule has 3 amide bonds. The fourth-order valence-electron chi connectivity index (χ4n) is 4.84. The summed E-state index contributed by atoms with van der Waals surface area (Å²) in [7, 11) is 0. The summed E-state index contributed by atoms with van der Waals surface area (Å²) in [4.78, 5) is 46.2. The number of rotatable bonds is 7. The van der Waals surface area contributed by atoms with E-state index in [1.54, 1.807) is 28.5 Å². The molecule has 5 rings (SSSR count). The highest BCUT2D eigenvalue weighted by atomic mass is 19.1. The second-order valence-electron chi connectivity index (χ2n) is 10.3. The van der Waals surface area contributed by atoms with E-state index in [-0.39, 0.29) is 48.2 Å². The zero-order chi connectivity index (χ0) is 26.3. The molecule has 2 heterocycles. The Hall–Kier alpha value is -4.01. The van der Waals surface area contributed by atoms with Crippen molar-refractivity contribution in [3.05, 3.63) is 83.2 Å². The van der Waals surface area contributed by atoms with Crippen LogP contribution in [0, 0.1) is 5.82 Å². The van der Waals surface area contributed by atoms with E-state index in [4.69, 9.17) is 0 Å². The van der Waals surface area contributed by atoms with Gasteiger partial charge in [0.15, 0.2) is 5.69 Å². The molecule has 2 aromatic carbocycles. The standard InChI is InChI=1S/C28H30FN5O3/c1-17(2)19-6-10-21(11-7-19)32-25(35)23-24-26(36)34(22-12-13-22)28(3,15-33(24)16-31-23)27(37)30-14-18-4-8-20(29)9-5-18/h4-11,16-17,22H,12-15H2,1-3H3,(H,30,37)(H,32,35)/t28-/m1/s1. The number of fused-ring (bicyclic) bond motifs is 1. The van der Waals surface area contributed by atoms with Gasteiger partial charge in [-0.2, -0.15) is 0 Å². The van der Waals surface area contributed by atoms with Gasteiger partial charge in [-0.05, 0) is 61.1 Å². The van der Waals surface area contributed by atoms with E-state index in [1.807, 2.05) is 24.3 Å². The molecule has 2 aliphatic rings. The van der Waals surface area contributed by atoms with Crippen LogP contribution in [0.4, 0.5) is 10.1 Å². The number of nitrogens with zero attached hydrogens (tertiary/aromatic N) is 3. The van der Waals surface area contributed by atoms with E-state index in [9.17, 15) is 18.8 Å². The Morgan fingerprint density at radius 2 is 1.78 bits per heavy atom. The third-order valence-electron chi connectivity index (χ3n) is 7.09. The molecule has 1 aliphatic heterocycles. The van der Waals surface area contributed by atoms with Crippen LogP contribution in [-0.2, 0) is 17.9 Å². The molecule has 1 fully saturated rings. The number of halogens is 1. The Morgan fingerprint density at radius 1 is 1.11 bits per heavy atom. The lowest BCUT2D eigenvalue weighted by molar-refractivity contribution is -0.133. The molecular weight excluding hydrogens is 473 g/mol. The largest absolute Gasteiger partial charge is 0.350 e. The smallest absolute Gasteiger partial charge is 0.276 e. The van der Waals surface area contributed by atoms with Gasteiger partial charge in [0, 0.05) is 18.3 Å². The molecule has 1 aromatic heterocycles. The second kappa shape index (κ2) is 9.46. The van der Waals surface area contributed by atoms with Crippen LogP contribution >= 0.6 is 0 Å². The van der Waals surface area contributed by atoms with Crippen LogP contribution in [0.25, 0.3) is 0 Å². The van der Waals surface area contributed by atoms with Crippen LogP contribution in [0.3, 0.4) is 0 Å². The molecule has 192 valence electrons. The van der Waals surface area contributed by atoms with Crippen molar-refractivity contribution < 1.29 is 18.8 Å². The van der Waals surface area contributed by atoms with E-state index >= 15 is 0 Å². The van der Waals surface area contributed by atoms with Gasteiger partial charge >= 0.3 is 0 Å². The lowest BCUT2D eigenvalue weighted by atomic mass is 9.93. The molecule has 37 heavy (non-hydrogen) atoms. The minimum Gasteiger partial charge on any atom is -0.350 e. The quantitative estimate of drug-likeness (QED) is 0.508. The molecule has 3 aromatic rings. The SMILES string of the molecule is CC(C)c1ccc(NC(=O)c2ncn3c2C(=O)N(C2CC2)[C@@](C)(C(=O)NCc2ccc(F)cc2)C3)cc1. The predicted molar refractivity (Wildman–Crippen MR) is 137 cm³/mol. The number of benzene rings is 2. The van der Waals surface area contributed by atoms with Crippen molar-refractivity contribution in [2.45, 2.75) is 64.2 Å². The summed E-state index contributed by atoms with van der Waals surface area (Å²) in [5.74, 6) is -1.14. The molecule has 1 saturated carbocycles. The van der Waals surface area contributed by atoms with Gasteiger partial charge in [0.05, 0.1) is 12.9 Å². The predicted octanol–water partition coefficient (Wildman–Crippen LogP) is 4.09. The maximum absolute atomic E-state index is 13.8. The first-order valence-electron chi connectivity index (χ1n) is 12.5. The van der Waals surface area contributed by atoms with Crippen molar-refractivity contribution in [1.29, 1.82) is 0 Å². The highest BCUT2D eigenvalue weighted by Gasteiger charge is 2.53. The monoisotopic (exact) mass is 503 g/mol. The third kappa shape index (κ3) is 4.73. The second-order valence-corrected chi connectivity index (χ2v) is 10.3. The number of hydrogen-bond acceptors (Lipinski definition) is 4. The van der Waals surface area contributed by atoms with Gasteiger partial charge in [-0.15, -0.1) is 0 Å². The maximum Gasteiger partial charge on any atom is 0.276 e. The number of hydrogen-bond donors (Lipinski definition) is 2. The number of anilines is 1. The zero-order valence-corrected chi connectivity index (χ0v) is 21.1. The molecule has 0 radical (unpaired) electrons. The van der Waals surface area contributed by atoms with Crippen LogP contribution in [-0.4, -0.2) is 43.8 Å². The summed E-state index contributed by atoms with van der Waals surface area (Å²) < 4.78 is 14.8. The molecule has 9 heteroatoms. The summed E-state index contributed by atoms with van der Waals surface area (Å²) in [6.45, 7) is 6.31. The van der Waals surface area contributed by atoms with E-state index < -0.39 is 11.4 Å². The number of amides is 3. The van der Waals surface area contributed by atoms with E-state index in [0.29, 0.717) is 11.6 Å². The first kappa shape index (κ1) is 24.7. The number of carbonyl (C=O) groups is 3. The van der Waals surface area contributed by atoms with Crippen molar-refractivity contribution in [2.24, 2.45) is 0 Å². The van der Waals surface area contributed by atoms with Crippen LogP contribution in [0.2, 0.25) is 0 Å². The fourth-order valence-corrected chi connectivity index (χ4v) is 4.84. The van der Waals surface area contributed by atoms with Gasteiger partial charge < -0.3 is 20.1 Å². The van der Waals surface area contributed by atoms with Crippen LogP contribution < -0.4 is 10.6 Å². The van der Waals surface area contributed by atoms with Gasteiger partial charge in [-0.1, -0.05) is 38.1 Å². The molecule has 8 nitrogen and oxygen atoms in total. The van der Waals surface area contributed by atoms with Gasteiger partial charge in [0.25, 0.3) is 11.8 Å². The molecule has 1 aliphatic carbocycles. The van der Waals surface area contributed by atoms with Crippen molar-refractivity contribution in [2.75, 3.05) is 5.32 Å². The molecule has 0 bridgehead atoms. The van der Waals surface area contributed by atoms with E-state index in [1.165, 1.54) is 18.5 Å². The Labute approximate surface area is 214 Å². The van der Waals surface area contributed by atoms with Crippen molar-refractivity contribution in [3.8, 4) is 0 Å². The minimum atomic E-state index is -1.16. The average molecular weight is 504 g/mol. The normalized spacial score (nSPS) is 19.1. The Bertz CT molecular complexity index is 1350. The average Bonchev–Trinajstić information content (AvgIpc) is 3.61. The summed E-state index contributed by atoms with van der Waals surface area (Å²) in [6.07, 6.45) is 3.04. The molecule has 0 unspecified atom stereocenters. The number of aromatic nitrogens is 2. The Balaban J connectivity index is 1.37. The summed E-state index contributed by atoms with van der Waals surface area (Å²) in [6, 6.07) is 13.4. The zero-order valence-electron chi connectivity index (χ0n) is 21.1. The molecule has 1 atom stereocenters.